The monoisotopic (exact) mass is 291 g/mol. The molecule has 122 valence electrons. The van der Waals surface area contributed by atoms with Crippen LogP contribution in [-0.2, 0) is 0 Å². The van der Waals surface area contributed by atoms with Crippen LogP contribution in [0.5, 0.6) is 0 Å². The molecule has 1 heteroatoms. The standard InChI is InChI=1S/C20H37N/c1-3-5-6-7-8-9-10-17(21-13-4-2)20-18-15-11-12-16(14-15)19(18)20/h15-21H,3-14H2,1-2H3. The average molecular weight is 292 g/mol. The molecule has 5 atom stereocenters. The normalized spacial score (nSPS) is 37.7. The highest BCUT2D eigenvalue weighted by Crippen LogP contribution is 2.70. The second kappa shape index (κ2) is 7.49. The van der Waals surface area contributed by atoms with Crippen molar-refractivity contribution in [2.24, 2.45) is 29.6 Å². The smallest absolute Gasteiger partial charge is 0.0101 e. The van der Waals surface area contributed by atoms with E-state index in [2.05, 4.69) is 19.2 Å². The molecular weight excluding hydrogens is 254 g/mol. The van der Waals surface area contributed by atoms with Gasteiger partial charge in [0, 0.05) is 6.04 Å². The minimum absolute atomic E-state index is 0.870. The van der Waals surface area contributed by atoms with Gasteiger partial charge in [-0.15, -0.1) is 0 Å². The van der Waals surface area contributed by atoms with Crippen LogP contribution >= 0.6 is 0 Å². The van der Waals surface area contributed by atoms with Crippen LogP contribution in [0.25, 0.3) is 0 Å². The fourth-order valence-electron chi connectivity index (χ4n) is 5.84. The zero-order chi connectivity index (χ0) is 14.7. The summed E-state index contributed by atoms with van der Waals surface area (Å²) >= 11 is 0. The predicted octanol–water partition coefficient (Wildman–Crippen LogP) is 5.40. The summed E-state index contributed by atoms with van der Waals surface area (Å²) in [6, 6.07) is 0.870. The summed E-state index contributed by atoms with van der Waals surface area (Å²) in [4.78, 5) is 0. The van der Waals surface area contributed by atoms with Gasteiger partial charge in [-0.1, -0.05) is 52.4 Å². The molecule has 3 aliphatic rings. The van der Waals surface area contributed by atoms with E-state index in [0.717, 1.165) is 35.6 Å². The zero-order valence-corrected chi connectivity index (χ0v) is 14.4. The van der Waals surface area contributed by atoms with E-state index in [-0.39, 0.29) is 0 Å². The molecule has 5 unspecified atom stereocenters. The largest absolute Gasteiger partial charge is 0.314 e. The summed E-state index contributed by atoms with van der Waals surface area (Å²) in [5.74, 6) is 5.66. The Hall–Kier alpha value is -0.0400. The molecule has 0 heterocycles. The van der Waals surface area contributed by atoms with Crippen molar-refractivity contribution in [1.82, 2.24) is 5.32 Å². The maximum Gasteiger partial charge on any atom is 0.0101 e. The van der Waals surface area contributed by atoms with Crippen molar-refractivity contribution in [2.45, 2.75) is 90.5 Å². The van der Waals surface area contributed by atoms with E-state index in [1.54, 1.807) is 19.3 Å². The Bertz CT molecular complexity index is 297. The van der Waals surface area contributed by atoms with Crippen LogP contribution in [-0.4, -0.2) is 12.6 Å². The third-order valence-electron chi connectivity index (χ3n) is 6.78. The Balaban J connectivity index is 1.40. The second-order valence-electron chi connectivity index (χ2n) is 8.18. The number of hydrogen-bond donors (Lipinski definition) is 1. The summed E-state index contributed by atoms with van der Waals surface area (Å²) in [5.41, 5.74) is 0. The number of unbranched alkanes of at least 4 members (excludes halogenated alkanes) is 5. The molecule has 0 spiro atoms. The van der Waals surface area contributed by atoms with Gasteiger partial charge >= 0.3 is 0 Å². The predicted molar refractivity (Wildman–Crippen MR) is 91.4 cm³/mol. The summed E-state index contributed by atoms with van der Waals surface area (Å²) in [5, 5.41) is 3.93. The van der Waals surface area contributed by atoms with E-state index in [9.17, 15) is 0 Å². The Labute approximate surface area is 132 Å². The van der Waals surface area contributed by atoms with E-state index < -0.39 is 0 Å². The van der Waals surface area contributed by atoms with Crippen LogP contribution in [0.4, 0.5) is 0 Å². The molecule has 0 aromatic heterocycles. The molecule has 2 bridgehead atoms. The van der Waals surface area contributed by atoms with Crippen molar-refractivity contribution in [3.8, 4) is 0 Å². The van der Waals surface area contributed by atoms with Crippen LogP contribution in [0.1, 0.15) is 84.5 Å². The number of nitrogens with one attached hydrogen (secondary N) is 1. The van der Waals surface area contributed by atoms with E-state index in [4.69, 9.17) is 0 Å². The van der Waals surface area contributed by atoms with Crippen LogP contribution < -0.4 is 5.32 Å². The summed E-state index contributed by atoms with van der Waals surface area (Å²) < 4.78 is 0. The highest BCUT2D eigenvalue weighted by atomic mass is 14.9. The van der Waals surface area contributed by atoms with Gasteiger partial charge in [-0.05, 0) is 68.2 Å². The number of hydrogen-bond acceptors (Lipinski definition) is 1. The first-order chi connectivity index (χ1) is 10.4. The first-order valence-corrected chi connectivity index (χ1v) is 10.1. The Morgan fingerprint density at radius 3 is 2.19 bits per heavy atom. The molecule has 1 N–H and O–H groups in total. The topological polar surface area (TPSA) is 12.0 Å². The SMILES string of the molecule is CCCCCCCCC(NCCC)C1C2C3CCC(C3)C21. The number of rotatable bonds is 11. The van der Waals surface area contributed by atoms with E-state index in [1.807, 2.05) is 0 Å². The Morgan fingerprint density at radius 2 is 1.52 bits per heavy atom. The molecule has 3 rings (SSSR count). The van der Waals surface area contributed by atoms with Gasteiger partial charge in [-0.25, -0.2) is 0 Å². The molecule has 0 radical (unpaired) electrons. The Morgan fingerprint density at radius 1 is 0.857 bits per heavy atom. The third kappa shape index (κ3) is 3.49. The van der Waals surface area contributed by atoms with Crippen molar-refractivity contribution >= 4 is 0 Å². The Kier molecular flexibility index (Phi) is 5.65. The summed E-state index contributed by atoms with van der Waals surface area (Å²) in [6.45, 7) is 5.86. The lowest BCUT2D eigenvalue weighted by Gasteiger charge is -2.22. The average Bonchev–Trinajstić information content (AvgIpc) is 2.92. The van der Waals surface area contributed by atoms with Crippen molar-refractivity contribution < 1.29 is 0 Å². The van der Waals surface area contributed by atoms with E-state index in [0.29, 0.717) is 0 Å². The molecule has 0 amide bonds. The van der Waals surface area contributed by atoms with Gasteiger partial charge in [-0.2, -0.15) is 0 Å². The van der Waals surface area contributed by atoms with Crippen LogP contribution in [0, 0.1) is 29.6 Å². The van der Waals surface area contributed by atoms with Crippen LogP contribution in [0.15, 0.2) is 0 Å². The minimum atomic E-state index is 0.870. The lowest BCUT2D eigenvalue weighted by atomic mass is 9.93. The minimum Gasteiger partial charge on any atom is -0.314 e. The fraction of sp³-hybridized carbons (Fsp3) is 1.00. The molecule has 3 saturated carbocycles. The molecule has 1 nitrogen and oxygen atoms in total. The fourth-order valence-corrected chi connectivity index (χ4v) is 5.84. The lowest BCUT2D eigenvalue weighted by Crippen LogP contribution is -2.34. The highest BCUT2D eigenvalue weighted by molar-refractivity contribution is 5.15. The first-order valence-electron chi connectivity index (χ1n) is 10.1. The molecule has 0 aromatic rings. The van der Waals surface area contributed by atoms with Gasteiger partial charge in [0.25, 0.3) is 0 Å². The lowest BCUT2D eigenvalue weighted by molar-refractivity contribution is 0.340. The quantitative estimate of drug-likeness (QED) is 0.503. The molecule has 21 heavy (non-hydrogen) atoms. The van der Waals surface area contributed by atoms with Gasteiger partial charge in [0.2, 0.25) is 0 Å². The zero-order valence-electron chi connectivity index (χ0n) is 14.4. The van der Waals surface area contributed by atoms with E-state index in [1.165, 1.54) is 57.9 Å². The summed E-state index contributed by atoms with van der Waals surface area (Å²) in [6.07, 6.45) is 16.2. The second-order valence-corrected chi connectivity index (χ2v) is 8.18. The highest BCUT2D eigenvalue weighted by Gasteiger charge is 2.66. The van der Waals surface area contributed by atoms with Gasteiger partial charge in [-0.3, -0.25) is 0 Å². The molecule has 3 aliphatic carbocycles. The van der Waals surface area contributed by atoms with Gasteiger partial charge in [0.05, 0.1) is 0 Å². The van der Waals surface area contributed by atoms with Crippen LogP contribution in [0.3, 0.4) is 0 Å². The van der Waals surface area contributed by atoms with Crippen molar-refractivity contribution in [2.75, 3.05) is 6.54 Å². The van der Waals surface area contributed by atoms with Crippen molar-refractivity contribution in [1.29, 1.82) is 0 Å². The number of fused-ring (bicyclic) bond motifs is 5. The van der Waals surface area contributed by atoms with Gasteiger partial charge in [0.1, 0.15) is 0 Å². The van der Waals surface area contributed by atoms with Crippen molar-refractivity contribution in [3.63, 3.8) is 0 Å². The molecular formula is C20H37N. The maximum absolute atomic E-state index is 3.93. The molecule has 0 aliphatic heterocycles. The molecule has 3 fully saturated rings. The first kappa shape index (κ1) is 15.8. The third-order valence-corrected chi connectivity index (χ3v) is 6.78. The van der Waals surface area contributed by atoms with Gasteiger partial charge < -0.3 is 5.32 Å². The maximum atomic E-state index is 3.93. The summed E-state index contributed by atoms with van der Waals surface area (Å²) in [7, 11) is 0. The van der Waals surface area contributed by atoms with Crippen molar-refractivity contribution in [3.05, 3.63) is 0 Å². The van der Waals surface area contributed by atoms with Gasteiger partial charge in [0.15, 0.2) is 0 Å². The molecule has 0 aromatic carbocycles. The van der Waals surface area contributed by atoms with E-state index >= 15 is 0 Å². The van der Waals surface area contributed by atoms with Crippen LogP contribution in [0.2, 0.25) is 0 Å². The molecule has 0 saturated heterocycles.